The number of nitrogens with one attached hydrogen (secondary N) is 2. The van der Waals surface area contributed by atoms with Crippen LogP contribution in [0.5, 0.6) is 0 Å². The van der Waals surface area contributed by atoms with Gasteiger partial charge in [0.2, 0.25) is 0 Å². The van der Waals surface area contributed by atoms with Crippen molar-refractivity contribution in [2.24, 2.45) is 0 Å². The molecule has 3 N–H and O–H groups in total. The summed E-state index contributed by atoms with van der Waals surface area (Å²) >= 11 is 0. The first-order valence-electron chi connectivity index (χ1n) is 6.06. The van der Waals surface area contributed by atoms with E-state index in [-0.39, 0.29) is 11.5 Å². The highest BCUT2D eigenvalue weighted by atomic mass is 16.4. The summed E-state index contributed by atoms with van der Waals surface area (Å²) in [6, 6.07) is 3.20. The molecule has 1 aromatic carbocycles. The van der Waals surface area contributed by atoms with Crippen LogP contribution in [0.2, 0.25) is 0 Å². The summed E-state index contributed by atoms with van der Waals surface area (Å²) < 4.78 is 0. The van der Waals surface area contributed by atoms with Gasteiger partial charge in [-0.3, -0.25) is 9.89 Å². The highest BCUT2D eigenvalue weighted by Gasteiger charge is 2.14. The Hall–Kier alpha value is -2.63. The number of carboxylic acid groups (broad SMARTS) is 1. The second-order valence-corrected chi connectivity index (χ2v) is 4.63. The summed E-state index contributed by atoms with van der Waals surface area (Å²) in [5.74, 6) is -1.34. The van der Waals surface area contributed by atoms with Crippen molar-refractivity contribution in [2.75, 3.05) is 5.32 Å². The van der Waals surface area contributed by atoms with E-state index in [9.17, 15) is 9.59 Å². The zero-order chi connectivity index (χ0) is 14.9. The number of benzene rings is 1. The lowest BCUT2D eigenvalue weighted by Gasteiger charge is -2.10. The average molecular weight is 273 g/mol. The van der Waals surface area contributed by atoms with Crippen LogP contribution in [0.25, 0.3) is 0 Å². The van der Waals surface area contributed by atoms with Crippen molar-refractivity contribution in [3.05, 3.63) is 46.3 Å². The first kappa shape index (κ1) is 13.8. The highest BCUT2D eigenvalue weighted by Crippen LogP contribution is 2.21. The Morgan fingerprint density at radius 2 is 1.90 bits per heavy atom. The first-order chi connectivity index (χ1) is 9.40. The molecule has 0 atom stereocenters. The van der Waals surface area contributed by atoms with Gasteiger partial charge in [0.15, 0.2) is 0 Å². The van der Waals surface area contributed by atoms with Crippen molar-refractivity contribution in [2.45, 2.75) is 20.8 Å². The fourth-order valence-electron chi connectivity index (χ4n) is 1.93. The number of carboxylic acids is 1. The SMILES string of the molecule is Cc1cc(NC(=O)c2cn[nH]c2C)cc(C(=O)O)c1C. The smallest absolute Gasteiger partial charge is 0.336 e. The van der Waals surface area contributed by atoms with Gasteiger partial charge in [0.05, 0.1) is 17.3 Å². The Morgan fingerprint density at radius 3 is 2.45 bits per heavy atom. The molecule has 0 fully saturated rings. The largest absolute Gasteiger partial charge is 0.478 e. The molecule has 0 aliphatic rings. The molecule has 0 saturated carbocycles. The van der Waals surface area contributed by atoms with Crippen LogP contribution >= 0.6 is 0 Å². The number of nitrogens with zero attached hydrogens (tertiary/aromatic N) is 1. The summed E-state index contributed by atoms with van der Waals surface area (Å²) in [5, 5.41) is 18.3. The van der Waals surface area contributed by atoms with E-state index in [4.69, 9.17) is 5.11 Å². The van der Waals surface area contributed by atoms with Crippen molar-refractivity contribution < 1.29 is 14.7 Å². The Bertz CT molecular complexity index is 689. The van der Waals surface area contributed by atoms with Crippen LogP contribution in [0.4, 0.5) is 5.69 Å². The van der Waals surface area contributed by atoms with Gasteiger partial charge in [0.25, 0.3) is 5.91 Å². The minimum Gasteiger partial charge on any atom is -0.478 e. The van der Waals surface area contributed by atoms with Gasteiger partial charge in [-0.2, -0.15) is 5.10 Å². The molecule has 0 bridgehead atoms. The van der Waals surface area contributed by atoms with Crippen molar-refractivity contribution in [1.82, 2.24) is 10.2 Å². The molecule has 2 rings (SSSR count). The van der Waals surface area contributed by atoms with Crippen molar-refractivity contribution in [3.8, 4) is 0 Å². The molecule has 0 saturated heterocycles. The van der Waals surface area contributed by atoms with Crippen molar-refractivity contribution >= 4 is 17.6 Å². The van der Waals surface area contributed by atoms with Crippen LogP contribution < -0.4 is 5.32 Å². The molecule has 0 radical (unpaired) electrons. The predicted octanol–water partition coefficient (Wildman–Crippen LogP) is 2.29. The molecule has 1 aromatic heterocycles. The summed E-state index contributed by atoms with van der Waals surface area (Å²) in [7, 11) is 0. The van der Waals surface area contributed by atoms with Crippen LogP contribution in [0, 0.1) is 20.8 Å². The van der Waals surface area contributed by atoms with Crippen LogP contribution in [0.15, 0.2) is 18.3 Å². The molecule has 0 aliphatic heterocycles. The Morgan fingerprint density at radius 1 is 1.20 bits per heavy atom. The van der Waals surface area contributed by atoms with Crippen molar-refractivity contribution in [3.63, 3.8) is 0 Å². The number of hydrogen-bond acceptors (Lipinski definition) is 3. The maximum absolute atomic E-state index is 12.1. The van der Waals surface area contributed by atoms with E-state index in [0.717, 1.165) is 5.56 Å². The Labute approximate surface area is 115 Å². The second kappa shape index (κ2) is 5.16. The second-order valence-electron chi connectivity index (χ2n) is 4.63. The zero-order valence-corrected chi connectivity index (χ0v) is 11.4. The maximum Gasteiger partial charge on any atom is 0.336 e. The molecule has 0 spiro atoms. The molecule has 1 heterocycles. The molecule has 6 nitrogen and oxygen atoms in total. The summed E-state index contributed by atoms with van der Waals surface area (Å²) in [5.41, 5.74) is 3.23. The molecule has 0 unspecified atom stereocenters. The minimum absolute atomic E-state index is 0.184. The van der Waals surface area contributed by atoms with E-state index in [1.54, 1.807) is 26.8 Å². The lowest BCUT2D eigenvalue weighted by atomic mass is 10.0. The molecule has 2 aromatic rings. The third-order valence-electron chi connectivity index (χ3n) is 3.23. The number of aromatic carboxylic acids is 1. The van der Waals surface area contributed by atoms with E-state index in [2.05, 4.69) is 15.5 Å². The number of rotatable bonds is 3. The Balaban J connectivity index is 2.33. The third-order valence-corrected chi connectivity index (χ3v) is 3.23. The summed E-state index contributed by atoms with van der Waals surface area (Å²) in [4.78, 5) is 23.2. The topological polar surface area (TPSA) is 95.1 Å². The van der Waals surface area contributed by atoms with Crippen molar-refractivity contribution in [1.29, 1.82) is 0 Å². The summed E-state index contributed by atoms with van der Waals surface area (Å²) in [6.45, 7) is 5.29. The molecule has 6 heteroatoms. The quantitative estimate of drug-likeness (QED) is 0.799. The van der Waals surface area contributed by atoms with Crippen LogP contribution in [0.3, 0.4) is 0 Å². The fourth-order valence-corrected chi connectivity index (χ4v) is 1.93. The summed E-state index contributed by atoms with van der Waals surface area (Å²) in [6.07, 6.45) is 1.43. The van der Waals surface area contributed by atoms with Gasteiger partial charge in [0.1, 0.15) is 0 Å². The predicted molar refractivity (Wildman–Crippen MR) is 74.2 cm³/mol. The first-order valence-corrected chi connectivity index (χ1v) is 6.06. The minimum atomic E-state index is -1.01. The number of H-pyrrole nitrogens is 1. The molecule has 0 aliphatic carbocycles. The molecule has 1 amide bonds. The number of carbonyl (C=O) groups excluding carboxylic acids is 1. The van der Waals surface area contributed by atoms with E-state index in [1.165, 1.54) is 12.3 Å². The lowest BCUT2D eigenvalue weighted by molar-refractivity contribution is 0.0695. The lowest BCUT2D eigenvalue weighted by Crippen LogP contribution is -2.13. The van der Waals surface area contributed by atoms with Gasteiger partial charge in [-0.05, 0) is 44.0 Å². The average Bonchev–Trinajstić information content (AvgIpc) is 2.79. The maximum atomic E-state index is 12.1. The van der Waals surface area contributed by atoms with Crippen LogP contribution in [0.1, 0.15) is 37.5 Å². The fraction of sp³-hybridized carbons (Fsp3) is 0.214. The highest BCUT2D eigenvalue weighted by molar-refractivity contribution is 6.05. The number of anilines is 1. The van der Waals surface area contributed by atoms with E-state index in [0.29, 0.717) is 22.5 Å². The number of amides is 1. The van der Waals surface area contributed by atoms with Gasteiger partial charge < -0.3 is 10.4 Å². The van der Waals surface area contributed by atoms with Crippen LogP contribution in [-0.4, -0.2) is 27.2 Å². The monoisotopic (exact) mass is 273 g/mol. The van der Waals surface area contributed by atoms with Gasteiger partial charge in [0, 0.05) is 11.4 Å². The number of aryl methyl sites for hydroxylation is 2. The van der Waals surface area contributed by atoms with E-state index >= 15 is 0 Å². The number of carbonyl (C=O) groups is 2. The van der Waals surface area contributed by atoms with Gasteiger partial charge in [-0.15, -0.1) is 0 Å². The zero-order valence-electron chi connectivity index (χ0n) is 11.4. The van der Waals surface area contributed by atoms with E-state index < -0.39 is 5.97 Å². The molecule has 20 heavy (non-hydrogen) atoms. The standard InChI is InChI=1S/C14H15N3O3/c1-7-4-10(5-11(8(7)2)14(19)20)16-13(18)12-6-15-17-9(12)3/h4-6H,1-3H3,(H,15,17)(H,16,18)(H,19,20). The molecule has 104 valence electrons. The van der Waals surface area contributed by atoms with Crippen LogP contribution in [-0.2, 0) is 0 Å². The van der Waals surface area contributed by atoms with E-state index in [1.807, 2.05) is 0 Å². The molecular weight excluding hydrogens is 258 g/mol. The normalized spacial score (nSPS) is 10.3. The number of aromatic amines is 1. The van der Waals surface area contributed by atoms with Gasteiger partial charge in [-0.1, -0.05) is 0 Å². The number of hydrogen-bond donors (Lipinski definition) is 3. The Kier molecular flexibility index (Phi) is 3.56. The number of aromatic nitrogens is 2. The molecular formula is C14H15N3O3. The third kappa shape index (κ3) is 2.54. The van der Waals surface area contributed by atoms with Gasteiger partial charge in [-0.25, -0.2) is 4.79 Å². The van der Waals surface area contributed by atoms with Gasteiger partial charge >= 0.3 is 5.97 Å².